The Bertz CT molecular complexity index is 690. The van der Waals surface area contributed by atoms with Gasteiger partial charge in [0.2, 0.25) is 5.82 Å². The van der Waals surface area contributed by atoms with Gasteiger partial charge in [-0.2, -0.15) is 4.98 Å². The molecule has 0 spiro atoms. The maximum absolute atomic E-state index is 5.38. The standard InChI is InChI=1S/C14H16N6O/c1-2-8-15-9-12-10-21-14(16-12)20-18-13(17-19-20)11-6-4-3-5-7-11/h3-7,10,15H,2,8-9H2,1H3. The second-order valence-corrected chi connectivity index (χ2v) is 4.57. The molecule has 0 aliphatic carbocycles. The minimum absolute atomic E-state index is 0.318. The van der Waals surface area contributed by atoms with E-state index in [0.717, 1.165) is 24.2 Å². The summed E-state index contributed by atoms with van der Waals surface area (Å²) in [6.45, 7) is 3.73. The summed E-state index contributed by atoms with van der Waals surface area (Å²) in [5.41, 5.74) is 1.72. The molecule has 0 aliphatic heterocycles. The maximum Gasteiger partial charge on any atom is 0.342 e. The molecule has 0 aliphatic rings. The summed E-state index contributed by atoms with van der Waals surface area (Å²) in [7, 11) is 0. The van der Waals surface area contributed by atoms with Crippen molar-refractivity contribution in [2.45, 2.75) is 19.9 Å². The second-order valence-electron chi connectivity index (χ2n) is 4.57. The first-order valence-corrected chi connectivity index (χ1v) is 6.87. The first-order chi connectivity index (χ1) is 10.4. The molecule has 3 aromatic rings. The lowest BCUT2D eigenvalue weighted by molar-refractivity contribution is 0.481. The molecule has 0 fully saturated rings. The fourth-order valence-electron chi connectivity index (χ4n) is 1.86. The van der Waals surface area contributed by atoms with Crippen LogP contribution in [-0.2, 0) is 6.54 Å². The first-order valence-electron chi connectivity index (χ1n) is 6.87. The lowest BCUT2D eigenvalue weighted by Gasteiger charge is -1.96. The van der Waals surface area contributed by atoms with Crippen LogP contribution >= 0.6 is 0 Å². The summed E-state index contributed by atoms with van der Waals surface area (Å²) in [5, 5.41) is 15.5. The van der Waals surface area contributed by atoms with Crippen molar-refractivity contribution in [3.63, 3.8) is 0 Å². The molecule has 0 saturated heterocycles. The van der Waals surface area contributed by atoms with Crippen molar-refractivity contribution in [3.8, 4) is 17.4 Å². The number of aromatic nitrogens is 5. The summed E-state index contributed by atoms with van der Waals surface area (Å²) in [4.78, 5) is 5.63. The Kier molecular flexibility index (Phi) is 4.02. The van der Waals surface area contributed by atoms with E-state index < -0.39 is 0 Å². The number of nitrogens with zero attached hydrogens (tertiary/aromatic N) is 5. The van der Waals surface area contributed by atoms with Gasteiger partial charge in [0.25, 0.3) is 0 Å². The highest BCUT2D eigenvalue weighted by molar-refractivity contribution is 5.53. The third-order valence-electron chi connectivity index (χ3n) is 2.89. The number of benzene rings is 1. The quantitative estimate of drug-likeness (QED) is 0.695. The van der Waals surface area contributed by atoms with Crippen molar-refractivity contribution in [1.82, 2.24) is 30.5 Å². The minimum Gasteiger partial charge on any atom is -0.429 e. The average molecular weight is 284 g/mol. The number of oxazole rings is 1. The topological polar surface area (TPSA) is 81.7 Å². The number of tetrazole rings is 1. The number of hydrogen-bond acceptors (Lipinski definition) is 6. The Labute approximate surface area is 122 Å². The molecular formula is C14H16N6O. The molecule has 0 unspecified atom stereocenters. The van der Waals surface area contributed by atoms with Gasteiger partial charge in [0.15, 0.2) is 0 Å². The van der Waals surface area contributed by atoms with Crippen LogP contribution < -0.4 is 5.32 Å². The van der Waals surface area contributed by atoms with Gasteiger partial charge in [-0.25, -0.2) is 0 Å². The normalized spacial score (nSPS) is 10.9. The van der Waals surface area contributed by atoms with Crippen LogP contribution in [0.1, 0.15) is 19.0 Å². The van der Waals surface area contributed by atoms with E-state index in [1.807, 2.05) is 30.3 Å². The van der Waals surface area contributed by atoms with Gasteiger partial charge in [0, 0.05) is 12.1 Å². The van der Waals surface area contributed by atoms with Gasteiger partial charge < -0.3 is 9.73 Å². The predicted molar refractivity (Wildman–Crippen MR) is 76.6 cm³/mol. The van der Waals surface area contributed by atoms with Gasteiger partial charge in [-0.3, -0.25) is 0 Å². The zero-order chi connectivity index (χ0) is 14.5. The van der Waals surface area contributed by atoms with Crippen LogP contribution in [0.2, 0.25) is 0 Å². The first kappa shape index (κ1) is 13.4. The molecular weight excluding hydrogens is 268 g/mol. The fraction of sp³-hybridized carbons (Fsp3) is 0.286. The monoisotopic (exact) mass is 284 g/mol. The molecule has 0 bridgehead atoms. The lowest BCUT2D eigenvalue weighted by Crippen LogP contribution is -2.14. The molecule has 7 heteroatoms. The summed E-state index contributed by atoms with van der Waals surface area (Å²) >= 11 is 0. The molecule has 108 valence electrons. The van der Waals surface area contributed by atoms with Gasteiger partial charge in [0.1, 0.15) is 6.26 Å². The van der Waals surface area contributed by atoms with Crippen molar-refractivity contribution in [2.24, 2.45) is 0 Å². The molecule has 0 radical (unpaired) electrons. The van der Waals surface area contributed by atoms with Crippen molar-refractivity contribution < 1.29 is 4.42 Å². The van der Waals surface area contributed by atoms with Gasteiger partial charge in [-0.1, -0.05) is 42.1 Å². The molecule has 21 heavy (non-hydrogen) atoms. The molecule has 2 aromatic heterocycles. The summed E-state index contributed by atoms with van der Waals surface area (Å²) < 4.78 is 5.38. The van der Waals surface area contributed by atoms with Crippen molar-refractivity contribution in [2.75, 3.05) is 6.54 Å². The Hall–Kier alpha value is -2.54. The van der Waals surface area contributed by atoms with E-state index in [-0.39, 0.29) is 0 Å². The summed E-state index contributed by atoms with van der Waals surface area (Å²) in [6.07, 6.45) is 2.68. The van der Waals surface area contributed by atoms with Gasteiger partial charge in [-0.15, -0.1) is 10.2 Å². The zero-order valence-electron chi connectivity index (χ0n) is 11.7. The Balaban J connectivity index is 1.74. The molecule has 0 atom stereocenters. The molecule has 1 N–H and O–H groups in total. The highest BCUT2D eigenvalue weighted by Gasteiger charge is 2.11. The lowest BCUT2D eigenvalue weighted by atomic mass is 10.2. The second kappa shape index (κ2) is 6.27. The van der Waals surface area contributed by atoms with Gasteiger partial charge in [-0.05, 0) is 18.2 Å². The third kappa shape index (κ3) is 3.14. The Morgan fingerprint density at radius 1 is 1.24 bits per heavy atom. The van der Waals surface area contributed by atoms with E-state index in [4.69, 9.17) is 4.42 Å². The van der Waals surface area contributed by atoms with Crippen LogP contribution in [0.5, 0.6) is 0 Å². The van der Waals surface area contributed by atoms with Crippen LogP contribution in [0, 0.1) is 0 Å². The SMILES string of the molecule is CCCNCc1coc(-n2nnc(-c3ccccc3)n2)n1. The Morgan fingerprint density at radius 2 is 2.10 bits per heavy atom. The van der Waals surface area contributed by atoms with Crippen molar-refractivity contribution in [3.05, 3.63) is 42.3 Å². The van der Waals surface area contributed by atoms with Crippen molar-refractivity contribution in [1.29, 1.82) is 0 Å². The van der Waals surface area contributed by atoms with Crippen LogP contribution in [-0.4, -0.2) is 31.7 Å². The Morgan fingerprint density at radius 3 is 2.90 bits per heavy atom. The molecule has 3 rings (SSSR count). The average Bonchev–Trinajstić information content (AvgIpc) is 3.17. The summed E-state index contributed by atoms with van der Waals surface area (Å²) in [6, 6.07) is 9.97. The fourth-order valence-corrected chi connectivity index (χ4v) is 1.86. The van der Waals surface area contributed by atoms with E-state index >= 15 is 0 Å². The molecule has 7 nitrogen and oxygen atoms in total. The number of rotatable bonds is 6. The summed E-state index contributed by atoms with van der Waals surface area (Å²) in [5.74, 6) is 0.541. The van der Waals surface area contributed by atoms with Gasteiger partial charge >= 0.3 is 6.01 Å². The molecule has 0 amide bonds. The van der Waals surface area contributed by atoms with Crippen molar-refractivity contribution >= 4 is 0 Å². The molecule has 2 heterocycles. The van der Waals surface area contributed by atoms with Crippen LogP contribution in [0.3, 0.4) is 0 Å². The molecule has 1 aromatic carbocycles. The highest BCUT2D eigenvalue weighted by Crippen LogP contribution is 2.13. The van der Waals surface area contributed by atoms with Crippen LogP contribution in [0.4, 0.5) is 0 Å². The van der Waals surface area contributed by atoms with Crippen LogP contribution in [0.25, 0.3) is 17.4 Å². The third-order valence-corrected chi connectivity index (χ3v) is 2.89. The largest absolute Gasteiger partial charge is 0.429 e. The number of nitrogens with one attached hydrogen (secondary N) is 1. The predicted octanol–water partition coefficient (Wildman–Crippen LogP) is 1.82. The minimum atomic E-state index is 0.318. The smallest absolute Gasteiger partial charge is 0.342 e. The van der Waals surface area contributed by atoms with E-state index in [9.17, 15) is 0 Å². The van der Waals surface area contributed by atoms with Gasteiger partial charge in [0.05, 0.1) is 5.69 Å². The van der Waals surface area contributed by atoms with Crippen LogP contribution in [0.15, 0.2) is 41.0 Å². The maximum atomic E-state index is 5.38. The zero-order valence-corrected chi connectivity index (χ0v) is 11.7. The number of hydrogen-bond donors (Lipinski definition) is 1. The van der Waals surface area contributed by atoms with E-state index in [1.165, 1.54) is 4.80 Å². The van der Waals surface area contributed by atoms with E-state index in [2.05, 4.69) is 32.6 Å². The van der Waals surface area contributed by atoms with E-state index in [1.54, 1.807) is 6.26 Å². The highest BCUT2D eigenvalue weighted by atomic mass is 16.4. The molecule has 0 saturated carbocycles. The van der Waals surface area contributed by atoms with E-state index in [0.29, 0.717) is 18.4 Å².